The summed E-state index contributed by atoms with van der Waals surface area (Å²) < 4.78 is 23.5. The molecule has 0 aromatic heterocycles. The summed E-state index contributed by atoms with van der Waals surface area (Å²) >= 11 is -0.505. The zero-order valence-corrected chi connectivity index (χ0v) is 22.0. The molecule has 0 saturated carbocycles. The average molecular weight is 574 g/mol. The Morgan fingerprint density at radius 2 is 1.35 bits per heavy atom. The number of nitrogens with zero attached hydrogens (tertiary/aromatic N) is 1. The number of carbonyl (C=O) groups excluding carboxylic acids is 5. The summed E-state index contributed by atoms with van der Waals surface area (Å²) in [5, 5.41) is -0.825. The molecule has 0 spiro atoms. The fourth-order valence-electron chi connectivity index (χ4n) is 4.37. The molecule has 1 fully saturated rings. The summed E-state index contributed by atoms with van der Waals surface area (Å²) in [5.41, 5.74) is 0.428. The van der Waals surface area contributed by atoms with E-state index < -0.39 is 74.0 Å². The van der Waals surface area contributed by atoms with Crippen LogP contribution in [0.5, 0.6) is 0 Å². The molecule has 0 bridgehead atoms. The number of rotatable bonds is 7. The molecule has 194 valence electrons. The molecule has 11 heteroatoms. The van der Waals surface area contributed by atoms with Crippen LogP contribution in [0.2, 0.25) is 0 Å². The van der Waals surface area contributed by atoms with Crippen LogP contribution in [-0.4, -0.2) is 85.5 Å². The van der Waals surface area contributed by atoms with Gasteiger partial charge >= 0.3 is 219 Å². The Bertz CT molecular complexity index is 1180. The van der Waals surface area contributed by atoms with Crippen molar-refractivity contribution in [2.45, 2.75) is 50.1 Å². The summed E-state index contributed by atoms with van der Waals surface area (Å²) in [5.74, 6) is -3.13. The summed E-state index contributed by atoms with van der Waals surface area (Å²) in [6.07, 6.45) is -3.54. The average Bonchev–Trinajstić information content (AvgIpc) is 3.10. The van der Waals surface area contributed by atoms with E-state index in [1.165, 1.54) is 20.8 Å². The number of imide groups is 1. The summed E-state index contributed by atoms with van der Waals surface area (Å²) in [6.45, 7) is 3.28. The van der Waals surface area contributed by atoms with Gasteiger partial charge in [-0.15, -0.1) is 0 Å². The van der Waals surface area contributed by atoms with Crippen molar-refractivity contribution in [1.29, 1.82) is 0 Å². The molecule has 0 radical (unpaired) electrons. The van der Waals surface area contributed by atoms with Crippen LogP contribution in [0.15, 0.2) is 54.6 Å². The monoisotopic (exact) mass is 575 g/mol. The molecule has 1 saturated heterocycles. The molecule has 2 aromatic rings. The quantitative estimate of drug-likeness (QED) is 0.205. The molecule has 2 aliphatic rings. The van der Waals surface area contributed by atoms with Gasteiger partial charge in [-0.05, 0) is 0 Å². The van der Waals surface area contributed by atoms with Crippen molar-refractivity contribution in [2.24, 2.45) is 0 Å². The summed E-state index contributed by atoms with van der Waals surface area (Å²) in [4.78, 5) is 63.9. The van der Waals surface area contributed by atoms with Gasteiger partial charge in [0.15, 0.2) is 0 Å². The van der Waals surface area contributed by atoms with Gasteiger partial charge in [-0.25, -0.2) is 0 Å². The molecule has 2 amide bonds. The standard InChI is InChI=1S/C26H25NO9Se/c1-14(28)33-13-20-22(34-15(2)29)23(35-16(3)30)21(26(36-20)37-17-9-5-4-6-10-17)27-24(31)18-11-7-8-12-19(18)25(27)32/h4-12,20-23,26H,13H2,1-3H3/t20?,21?,22-,23+,26+/m1/s1. The third-order valence-electron chi connectivity index (χ3n) is 5.79. The molecule has 4 rings (SSSR count). The Kier molecular flexibility index (Phi) is 8.06. The maximum atomic E-state index is 13.5. The van der Waals surface area contributed by atoms with Crippen molar-refractivity contribution in [3.63, 3.8) is 0 Å². The molecule has 2 heterocycles. The van der Waals surface area contributed by atoms with Crippen LogP contribution in [0.4, 0.5) is 0 Å². The van der Waals surface area contributed by atoms with Crippen LogP contribution in [0, 0.1) is 0 Å². The first-order valence-electron chi connectivity index (χ1n) is 11.5. The van der Waals surface area contributed by atoms with Crippen molar-refractivity contribution in [2.75, 3.05) is 6.61 Å². The number of ether oxygens (including phenoxy) is 4. The topological polar surface area (TPSA) is 126 Å². The van der Waals surface area contributed by atoms with Gasteiger partial charge in [0.1, 0.15) is 0 Å². The molecule has 0 N–H and O–H groups in total. The number of esters is 3. The molecule has 0 aliphatic carbocycles. The van der Waals surface area contributed by atoms with Crippen molar-refractivity contribution < 1.29 is 42.9 Å². The van der Waals surface area contributed by atoms with Gasteiger partial charge in [0.2, 0.25) is 0 Å². The molecule has 2 aromatic carbocycles. The van der Waals surface area contributed by atoms with Gasteiger partial charge in [0, 0.05) is 0 Å². The SMILES string of the molecule is CC(=O)OCC1O[C@@H]([Se]c2ccccc2)C(N2C(=O)c3ccccc3C2=O)[C@H](OC(C)=O)[C@@H]1OC(C)=O. The third kappa shape index (κ3) is 5.74. The molecule has 10 nitrogen and oxygen atoms in total. The van der Waals surface area contributed by atoms with E-state index in [2.05, 4.69) is 0 Å². The van der Waals surface area contributed by atoms with Crippen LogP contribution in [-0.2, 0) is 33.3 Å². The van der Waals surface area contributed by atoms with E-state index in [0.29, 0.717) is 0 Å². The predicted molar refractivity (Wildman–Crippen MR) is 129 cm³/mol. The minimum atomic E-state index is -1.27. The van der Waals surface area contributed by atoms with Crippen LogP contribution in [0.3, 0.4) is 0 Å². The number of carbonyl (C=O) groups is 5. The zero-order valence-electron chi connectivity index (χ0n) is 20.3. The summed E-state index contributed by atoms with van der Waals surface area (Å²) in [7, 11) is 0. The van der Waals surface area contributed by atoms with Crippen LogP contribution >= 0.6 is 0 Å². The second-order valence-corrected chi connectivity index (χ2v) is 10.9. The predicted octanol–water partition coefficient (Wildman–Crippen LogP) is 0.832. The first-order chi connectivity index (χ1) is 17.7. The third-order valence-corrected chi connectivity index (χ3v) is 8.24. The molecule has 2 unspecified atom stereocenters. The van der Waals surface area contributed by atoms with E-state index in [1.54, 1.807) is 24.3 Å². The zero-order chi connectivity index (χ0) is 26.7. The Hall–Kier alpha value is -3.53. The number of hydrogen-bond acceptors (Lipinski definition) is 9. The van der Waals surface area contributed by atoms with Gasteiger partial charge in [-0.2, -0.15) is 0 Å². The molecule has 2 aliphatic heterocycles. The van der Waals surface area contributed by atoms with E-state index in [0.717, 1.165) is 9.36 Å². The van der Waals surface area contributed by atoms with Gasteiger partial charge in [-0.1, -0.05) is 0 Å². The van der Waals surface area contributed by atoms with E-state index in [1.807, 2.05) is 30.3 Å². The van der Waals surface area contributed by atoms with E-state index in [-0.39, 0.29) is 17.7 Å². The first-order valence-corrected chi connectivity index (χ1v) is 13.3. The second-order valence-electron chi connectivity index (χ2n) is 8.44. The van der Waals surface area contributed by atoms with E-state index in [9.17, 15) is 24.0 Å². The Morgan fingerprint density at radius 3 is 1.89 bits per heavy atom. The molecular weight excluding hydrogens is 549 g/mol. The van der Waals surface area contributed by atoms with Gasteiger partial charge in [0.05, 0.1) is 0 Å². The fraction of sp³-hybridized carbons (Fsp3) is 0.346. The second kappa shape index (κ2) is 11.2. The Balaban J connectivity index is 1.81. The molecule has 37 heavy (non-hydrogen) atoms. The molecular formula is C26H25NO9Se. The minimum absolute atomic E-state index is 0.214. The number of amides is 2. The van der Waals surface area contributed by atoms with Crippen LogP contribution in [0.25, 0.3) is 0 Å². The number of benzene rings is 2. The maximum absolute atomic E-state index is 13.5. The normalized spacial score (nSPS) is 24.8. The van der Waals surface area contributed by atoms with Crippen molar-refractivity contribution in [3.8, 4) is 0 Å². The number of fused-ring (bicyclic) bond motifs is 1. The molecule has 5 atom stereocenters. The Morgan fingerprint density at radius 1 is 0.811 bits per heavy atom. The van der Waals surface area contributed by atoms with E-state index in [4.69, 9.17) is 18.9 Å². The van der Waals surface area contributed by atoms with Crippen molar-refractivity contribution in [3.05, 3.63) is 65.7 Å². The summed E-state index contributed by atoms with van der Waals surface area (Å²) in [6, 6.07) is 14.6. The first kappa shape index (κ1) is 26.5. The van der Waals surface area contributed by atoms with Crippen LogP contribution in [0.1, 0.15) is 41.5 Å². The van der Waals surface area contributed by atoms with Gasteiger partial charge < -0.3 is 0 Å². The van der Waals surface area contributed by atoms with E-state index >= 15 is 0 Å². The van der Waals surface area contributed by atoms with Gasteiger partial charge in [0.25, 0.3) is 0 Å². The van der Waals surface area contributed by atoms with Crippen LogP contribution < -0.4 is 4.46 Å². The fourth-order valence-corrected chi connectivity index (χ4v) is 6.88. The van der Waals surface area contributed by atoms with Gasteiger partial charge in [-0.3, -0.25) is 0 Å². The van der Waals surface area contributed by atoms with Crippen molar-refractivity contribution >= 4 is 49.1 Å². The van der Waals surface area contributed by atoms with Crippen molar-refractivity contribution in [1.82, 2.24) is 4.90 Å². The number of hydrogen-bond donors (Lipinski definition) is 0. The Labute approximate surface area is 219 Å².